The molecule has 3 aromatic carbocycles. The lowest BCUT2D eigenvalue weighted by molar-refractivity contribution is -0.163. The van der Waals surface area contributed by atoms with Gasteiger partial charge in [0.1, 0.15) is 0 Å². The zero-order valence-corrected chi connectivity index (χ0v) is 23.2. The molecular weight excluding hydrogens is 544 g/mol. The first-order valence-corrected chi connectivity index (χ1v) is 13.8. The van der Waals surface area contributed by atoms with E-state index in [1.807, 2.05) is 29.6 Å². The maximum atomic E-state index is 13.5. The van der Waals surface area contributed by atoms with Crippen LogP contribution >= 0.6 is 0 Å². The van der Waals surface area contributed by atoms with Crippen LogP contribution in [0.3, 0.4) is 0 Å². The molecule has 3 aromatic rings. The Hall–Kier alpha value is -4.60. The quantitative estimate of drug-likeness (QED) is 0.234. The number of alkyl halides is 2. The van der Waals surface area contributed by atoms with Gasteiger partial charge in [0.05, 0.1) is 13.1 Å². The van der Waals surface area contributed by atoms with E-state index < -0.39 is 30.4 Å². The lowest BCUT2D eigenvalue weighted by Crippen LogP contribution is -2.42. The molecule has 0 saturated heterocycles. The number of urea groups is 1. The summed E-state index contributed by atoms with van der Waals surface area (Å²) >= 11 is 0. The monoisotopic (exact) mass is 577 g/mol. The minimum absolute atomic E-state index is 0.0679. The third-order valence-corrected chi connectivity index (χ3v) is 7.41. The summed E-state index contributed by atoms with van der Waals surface area (Å²) in [4.78, 5) is 49.5. The van der Waals surface area contributed by atoms with E-state index in [-0.39, 0.29) is 17.9 Å². The minimum atomic E-state index is -4.08. The number of hydrogen-bond donors (Lipinski definition) is 3. The predicted molar refractivity (Wildman–Crippen MR) is 155 cm³/mol. The summed E-state index contributed by atoms with van der Waals surface area (Å²) in [5, 5.41) is 13.3. The second kappa shape index (κ2) is 13.4. The van der Waals surface area contributed by atoms with Crippen molar-refractivity contribution >= 4 is 35.1 Å². The highest BCUT2D eigenvalue weighted by Crippen LogP contribution is 2.33. The fourth-order valence-corrected chi connectivity index (χ4v) is 4.93. The van der Waals surface area contributed by atoms with Crippen LogP contribution in [0, 0.1) is 0 Å². The van der Waals surface area contributed by atoms with E-state index in [1.54, 1.807) is 41.3 Å². The van der Waals surface area contributed by atoms with Gasteiger partial charge in [-0.3, -0.25) is 14.5 Å². The summed E-state index contributed by atoms with van der Waals surface area (Å²) in [5.74, 6) is -6.82. The summed E-state index contributed by atoms with van der Waals surface area (Å²) in [5.41, 5.74) is 3.67. The molecule has 0 heterocycles. The Balaban J connectivity index is 1.52. The first-order chi connectivity index (χ1) is 20.0. The third-order valence-electron chi connectivity index (χ3n) is 7.41. The van der Waals surface area contributed by atoms with Crippen molar-refractivity contribution in [2.75, 3.05) is 16.8 Å². The van der Waals surface area contributed by atoms with Crippen LogP contribution in [0.2, 0.25) is 0 Å². The SMILES string of the molecule is CC(=O)c1ccc(NC(=O)N(Cc2ccc(C(=O)NCC(F)(F)C(=O)O)cc2)c2ccc(C3CCCCC3)cc2)cc1. The molecular formula is C32H33F2N3O5. The predicted octanol–water partition coefficient (Wildman–Crippen LogP) is 6.63. The second-order valence-electron chi connectivity index (χ2n) is 10.5. The lowest BCUT2D eigenvalue weighted by atomic mass is 9.84. The zero-order valence-electron chi connectivity index (χ0n) is 23.2. The first-order valence-electron chi connectivity index (χ1n) is 13.8. The molecule has 0 aliphatic heterocycles. The van der Waals surface area contributed by atoms with Gasteiger partial charge in [0.2, 0.25) is 0 Å². The van der Waals surface area contributed by atoms with Gasteiger partial charge in [0.25, 0.3) is 5.91 Å². The number of rotatable bonds is 10. The first kappa shape index (κ1) is 30.4. The van der Waals surface area contributed by atoms with Gasteiger partial charge in [0, 0.05) is 22.5 Å². The Bertz CT molecular complexity index is 1420. The van der Waals surface area contributed by atoms with Gasteiger partial charge in [-0.2, -0.15) is 8.78 Å². The van der Waals surface area contributed by atoms with E-state index in [9.17, 15) is 28.0 Å². The van der Waals surface area contributed by atoms with Crippen LogP contribution in [0.5, 0.6) is 0 Å². The molecule has 8 nitrogen and oxygen atoms in total. The summed E-state index contributed by atoms with van der Waals surface area (Å²) in [7, 11) is 0. The fourth-order valence-electron chi connectivity index (χ4n) is 4.93. The number of hydrogen-bond acceptors (Lipinski definition) is 4. The molecule has 0 bridgehead atoms. The van der Waals surface area contributed by atoms with Gasteiger partial charge in [0.15, 0.2) is 5.78 Å². The van der Waals surface area contributed by atoms with Crippen LogP contribution in [0.1, 0.15) is 76.8 Å². The molecule has 0 atom stereocenters. The topological polar surface area (TPSA) is 116 Å². The smallest absolute Gasteiger partial charge is 0.376 e. The summed E-state index contributed by atoms with van der Waals surface area (Å²) < 4.78 is 26.7. The zero-order chi connectivity index (χ0) is 30.3. The Labute approximate surface area is 242 Å². The van der Waals surface area contributed by atoms with E-state index >= 15 is 0 Å². The van der Waals surface area contributed by atoms with E-state index in [0.717, 1.165) is 12.8 Å². The van der Waals surface area contributed by atoms with Crippen molar-refractivity contribution < 1.29 is 33.1 Å². The number of benzene rings is 3. The maximum Gasteiger partial charge on any atom is 0.376 e. The number of Topliss-reactive ketones (excluding diaryl/α,β-unsaturated/α-hetero) is 1. The molecule has 1 aliphatic carbocycles. The summed E-state index contributed by atoms with van der Waals surface area (Å²) in [6, 6.07) is 20.1. The highest BCUT2D eigenvalue weighted by Gasteiger charge is 2.39. The lowest BCUT2D eigenvalue weighted by Gasteiger charge is -2.26. The van der Waals surface area contributed by atoms with Gasteiger partial charge < -0.3 is 15.7 Å². The number of nitrogens with zero attached hydrogens (tertiary/aromatic N) is 1. The number of amides is 3. The maximum absolute atomic E-state index is 13.5. The standard InChI is InChI=1S/C32H33F2N3O5/c1-21(38)23-11-15-27(16-12-23)36-31(42)37(28-17-13-25(14-18-28)24-5-3-2-4-6-24)19-22-7-9-26(10-8-22)29(39)35-20-32(33,34)30(40)41/h7-18,24H,2-6,19-20H2,1H3,(H,35,39)(H,36,42)(H,40,41). The van der Waals surface area contributed by atoms with Gasteiger partial charge in [-0.15, -0.1) is 0 Å². The van der Waals surface area contributed by atoms with Crippen LogP contribution < -0.4 is 15.5 Å². The number of carboxylic acids is 1. The van der Waals surface area contributed by atoms with Gasteiger partial charge in [-0.1, -0.05) is 43.5 Å². The van der Waals surface area contributed by atoms with E-state index in [4.69, 9.17) is 5.11 Å². The van der Waals surface area contributed by atoms with Crippen molar-refractivity contribution in [1.82, 2.24) is 5.32 Å². The number of carboxylic acid groups (broad SMARTS) is 1. The van der Waals surface area contributed by atoms with E-state index in [0.29, 0.717) is 28.4 Å². The molecule has 1 aliphatic rings. The molecule has 220 valence electrons. The van der Waals surface area contributed by atoms with Crippen LogP contribution in [0.25, 0.3) is 0 Å². The van der Waals surface area contributed by atoms with Gasteiger partial charge in [-0.25, -0.2) is 9.59 Å². The Morgan fingerprint density at radius 2 is 1.45 bits per heavy atom. The number of anilines is 2. The highest BCUT2D eigenvalue weighted by atomic mass is 19.3. The molecule has 0 aromatic heterocycles. The van der Waals surface area contributed by atoms with Crippen LogP contribution in [0.15, 0.2) is 72.8 Å². The average Bonchev–Trinajstić information content (AvgIpc) is 2.99. The van der Waals surface area contributed by atoms with Crippen LogP contribution in [0.4, 0.5) is 25.0 Å². The number of nitrogens with one attached hydrogen (secondary N) is 2. The van der Waals surface area contributed by atoms with Crippen molar-refractivity contribution in [2.24, 2.45) is 0 Å². The van der Waals surface area contributed by atoms with E-state index in [2.05, 4.69) is 5.32 Å². The second-order valence-corrected chi connectivity index (χ2v) is 10.5. The number of aliphatic carboxylic acids is 1. The van der Waals surface area contributed by atoms with Gasteiger partial charge in [-0.05, 0) is 85.3 Å². The fraction of sp³-hybridized carbons (Fsp3) is 0.312. The normalized spacial score (nSPS) is 13.7. The van der Waals surface area contributed by atoms with Crippen molar-refractivity contribution in [3.05, 3.63) is 95.1 Å². The minimum Gasteiger partial charge on any atom is -0.477 e. The molecule has 0 unspecified atom stereocenters. The Morgan fingerprint density at radius 3 is 2.02 bits per heavy atom. The molecule has 3 N–H and O–H groups in total. The number of carbonyl (C=O) groups excluding carboxylic acids is 3. The molecule has 1 fully saturated rings. The third kappa shape index (κ3) is 7.78. The number of carbonyl (C=O) groups is 4. The Morgan fingerprint density at radius 1 is 0.857 bits per heavy atom. The summed E-state index contributed by atoms with van der Waals surface area (Å²) in [6.07, 6.45) is 5.96. The van der Waals surface area contributed by atoms with Crippen molar-refractivity contribution in [2.45, 2.75) is 57.4 Å². The van der Waals surface area contributed by atoms with Crippen molar-refractivity contribution in [1.29, 1.82) is 0 Å². The molecule has 0 radical (unpaired) electrons. The Kier molecular flexibility index (Phi) is 9.67. The molecule has 3 amide bonds. The number of halogens is 2. The molecule has 4 rings (SSSR count). The molecule has 0 spiro atoms. The number of ketones is 1. The summed E-state index contributed by atoms with van der Waals surface area (Å²) in [6.45, 7) is 0.271. The molecule has 42 heavy (non-hydrogen) atoms. The largest absolute Gasteiger partial charge is 0.477 e. The molecule has 1 saturated carbocycles. The van der Waals surface area contributed by atoms with Crippen LogP contribution in [-0.2, 0) is 11.3 Å². The van der Waals surface area contributed by atoms with Crippen LogP contribution in [-0.4, -0.2) is 41.3 Å². The molecule has 10 heteroatoms. The van der Waals surface area contributed by atoms with E-state index in [1.165, 1.54) is 43.9 Å². The van der Waals surface area contributed by atoms with Crippen molar-refractivity contribution in [3.8, 4) is 0 Å². The average molecular weight is 578 g/mol. The van der Waals surface area contributed by atoms with Gasteiger partial charge >= 0.3 is 17.9 Å². The van der Waals surface area contributed by atoms with Crippen molar-refractivity contribution in [3.63, 3.8) is 0 Å². The highest BCUT2D eigenvalue weighted by molar-refractivity contribution is 6.02.